The number of rotatable bonds is 3. The fraction of sp³-hybridized carbons (Fsp3) is 0.438. The van der Waals surface area contributed by atoms with Crippen LogP contribution in [-0.2, 0) is 14.3 Å². The Labute approximate surface area is 136 Å². The van der Waals surface area contributed by atoms with E-state index in [4.69, 9.17) is 5.26 Å². The Kier molecular flexibility index (Phi) is 5.44. The van der Waals surface area contributed by atoms with Crippen molar-refractivity contribution in [2.75, 3.05) is 18.0 Å². The number of hydrogen-bond donors (Lipinski definition) is 0. The average molecular weight is 340 g/mol. The molecule has 1 aromatic rings. The summed E-state index contributed by atoms with van der Waals surface area (Å²) in [7, 11) is 0. The van der Waals surface area contributed by atoms with Crippen molar-refractivity contribution in [3.8, 4) is 6.07 Å². The van der Waals surface area contributed by atoms with Crippen molar-refractivity contribution in [3.63, 3.8) is 0 Å². The molecule has 2 rings (SSSR count). The lowest BCUT2D eigenvalue weighted by atomic mass is 9.93. The molecular formula is C16H15F3N2O3. The average Bonchev–Trinajstić information content (AvgIpc) is 2.54. The van der Waals surface area contributed by atoms with Crippen molar-refractivity contribution in [3.05, 3.63) is 29.8 Å². The van der Waals surface area contributed by atoms with Gasteiger partial charge in [-0.2, -0.15) is 18.4 Å². The highest BCUT2D eigenvalue weighted by Crippen LogP contribution is 2.26. The van der Waals surface area contributed by atoms with Gasteiger partial charge in [0.25, 0.3) is 0 Å². The van der Waals surface area contributed by atoms with Crippen molar-refractivity contribution >= 4 is 17.6 Å². The van der Waals surface area contributed by atoms with Crippen LogP contribution in [0.2, 0.25) is 0 Å². The number of hydrogen-bond acceptors (Lipinski definition) is 5. The smallest absolute Gasteiger partial charge is 0.386 e. The normalized spacial score (nSPS) is 15.7. The van der Waals surface area contributed by atoms with E-state index in [1.807, 2.05) is 18.2 Å². The number of ether oxygens (including phenoxy) is 1. The van der Waals surface area contributed by atoms with Crippen LogP contribution in [0.5, 0.6) is 0 Å². The molecule has 0 spiro atoms. The van der Waals surface area contributed by atoms with E-state index in [2.05, 4.69) is 9.64 Å². The van der Waals surface area contributed by atoms with E-state index >= 15 is 0 Å². The van der Waals surface area contributed by atoms with E-state index in [1.54, 1.807) is 12.1 Å². The van der Waals surface area contributed by atoms with Crippen LogP contribution in [-0.4, -0.2) is 31.2 Å². The first-order valence-electron chi connectivity index (χ1n) is 7.36. The van der Waals surface area contributed by atoms with Gasteiger partial charge in [0.05, 0.1) is 11.6 Å². The van der Waals surface area contributed by atoms with Gasteiger partial charge in [-0.25, -0.2) is 4.79 Å². The standard InChI is InChI=1S/C16H15F3N2O3/c17-16(18,19)15(23)24-14(22)9-11-5-7-21(8-6-11)13-3-1-12(10-20)2-4-13/h1-4,11H,5-9H2. The molecule has 0 N–H and O–H groups in total. The van der Waals surface area contributed by atoms with Crippen molar-refractivity contribution < 1.29 is 27.5 Å². The summed E-state index contributed by atoms with van der Waals surface area (Å²) in [5.41, 5.74) is 1.51. The van der Waals surface area contributed by atoms with Gasteiger partial charge in [-0.1, -0.05) is 0 Å². The lowest BCUT2D eigenvalue weighted by Crippen LogP contribution is -2.35. The van der Waals surface area contributed by atoms with Crippen molar-refractivity contribution in [1.82, 2.24) is 0 Å². The lowest BCUT2D eigenvalue weighted by molar-refractivity contribution is -0.202. The van der Waals surface area contributed by atoms with Crippen LogP contribution in [0.1, 0.15) is 24.8 Å². The van der Waals surface area contributed by atoms with Crippen molar-refractivity contribution in [2.45, 2.75) is 25.4 Å². The molecule has 0 bridgehead atoms. The highest BCUT2D eigenvalue weighted by Gasteiger charge is 2.42. The number of alkyl halides is 3. The molecule has 1 aliphatic heterocycles. The lowest BCUT2D eigenvalue weighted by Gasteiger charge is -2.33. The van der Waals surface area contributed by atoms with Gasteiger partial charge < -0.3 is 9.64 Å². The highest BCUT2D eigenvalue weighted by atomic mass is 19.4. The Morgan fingerprint density at radius 3 is 2.29 bits per heavy atom. The minimum Gasteiger partial charge on any atom is -0.386 e. The molecule has 1 fully saturated rings. The van der Waals surface area contributed by atoms with Gasteiger partial charge in [0.1, 0.15) is 0 Å². The third-order valence-electron chi connectivity index (χ3n) is 3.87. The number of nitriles is 1. The second-order valence-electron chi connectivity index (χ2n) is 5.55. The number of nitrogens with zero attached hydrogens (tertiary/aromatic N) is 2. The van der Waals surface area contributed by atoms with Crippen LogP contribution < -0.4 is 4.90 Å². The van der Waals surface area contributed by atoms with Crippen LogP contribution in [0.4, 0.5) is 18.9 Å². The molecule has 0 atom stereocenters. The zero-order valence-corrected chi connectivity index (χ0v) is 12.7. The molecule has 1 saturated heterocycles. The van der Waals surface area contributed by atoms with Gasteiger partial charge in [-0.05, 0) is 43.0 Å². The molecule has 1 aromatic carbocycles. The summed E-state index contributed by atoms with van der Waals surface area (Å²) in [6.45, 7) is 1.27. The van der Waals surface area contributed by atoms with E-state index in [0.717, 1.165) is 5.69 Å². The van der Waals surface area contributed by atoms with E-state index in [9.17, 15) is 22.8 Å². The van der Waals surface area contributed by atoms with Crippen molar-refractivity contribution in [1.29, 1.82) is 5.26 Å². The Morgan fingerprint density at radius 1 is 1.21 bits per heavy atom. The summed E-state index contributed by atoms with van der Waals surface area (Å²) in [4.78, 5) is 24.1. The second-order valence-corrected chi connectivity index (χ2v) is 5.55. The van der Waals surface area contributed by atoms with Gasteiger partial charge in [0, 0.05) is 25.2 Å². The van der Waals surface area contributed by atoms with E-state index in [1.165, 1.54) is 0 Å². The second kappa shape index (κ2) is 7.34. The predicted molar refractivity (Wildman–Crippen MR) is 77.9 cm³/mol. The molecular weight excluding hydrogens is 325 g/mol. The third-order valence-corrected chi connectivity index (χ3v) is 3.87. The number of anilines is 1. The molecule has 0 unspecified atom stereocenters. The molecule has 1 heterocycles. The monoisotopic (exact) mass is 340 g/mol. The van der Waals surface area contributed by atoms with Crippen LogP contribution >= 0.6 is 0 Å². The summed E-state index contributed by atoms with van der Waals surface area (Å²) < 4.78 is 39.9. The third kappa shape index (κ3) is 4.72. The Hall–Kier alpha value is -2.56. The quantitative estimate of drug-likeness (QED) is 0.625. The van der Waals surface area contributed by atoms with Gasteiger partial charge in [0.2, 0.25) is 0 Å². The van der Waals surface area contributed by atoms with E-state index in [0.29, 0.717) is 31.5 Å². The maximum atomic E-state index is 12.0. The number of benzene rings is 1. The molecule has 0 aliphatic carbocycles. The number of piperidine rings is 1. The molecule has 0 saturated carbocycles. The summed E-state index contributed by atoms with van der Waals surface area (Å²) in [5.74, 6) is -3.73. The molecule has 1 aliphatic rings. The largest absolute Gasteiger partial charge is 0.491 e. The molecule has 0 radical (unpaired) electrons. The van der Waals surface area contributed by atoms with Crippen LogP contribution in [0, 0.1) is 17.2 Å². The van der Waals surface area contributed by atoms with Crippen LogP contribution in [0.25, 0.3) is 0 Å². The van der Waals surface area contributed by atoms with Gasteiger partial charge in [-0.15, -0.1) is 0 Å². The fourth-order valence-electron chi connectivity index (χ4n) is 2.58. The number of carbonyl (C=O) groups is 2. The molecule has 0 amide bonds. The minimum atomic E-state index is -5.16. The van der Waals surface area contributed by atoms with Crippen molar-refractivity contribution in [2.24, 2.45) is 5.92 Å². The number of carbonyl (C=O) groups excluding carboxylic acids is 2. The SMILES string of the molecule is N#Cc1ccc(N2CCC(CC(=O)OC(=O)C(F)(F)F)CC2)cc1. The summed E-state index contributed by atoms with van der Waals surface area (Å²) in [6, 6.07) is 9.11. The highest BCUT2D eigenvalue weighted by molar-refractivity contribution is 5.88. The van der Waals surface area contributed by atoms with E-state index < -0.39 is 18.1 Å². The Balaban J connectivity index is 1.81. The first kappa shape index (κ1) is 17.8. The predicted octanol–water partition coefficient (Wildman–Crippen LogP) is 2.80. The topological polar surface area (TPSA) is 70.4 Å². The Morgan fingerprint density at radius 2 is 1.79 bits per heavy atom. The molecule has 5 nitrogen and oxygen atoms in total. The van der Waals surface area contributed by atoms with Gasteiger partial charge in [-0.3, -0.25) is 4.79 Å². The number of halogens is 3. The zero-order chi connectivity index (χ0) is 17.7. The number of esters is 2. The minimum absolute atomic E-state index is 0.117. The van der Waals surface area contributed by atoms with Crippen LogP contribution in [0.3, 0.4) is 0 Å². The van der Waals surface area contributed by atoms with Gasteiger partial charge in [0.15, 0.2) is 0 Å². The molecule has 0 aromatic heterocycles. The maximum absolute atomic E-state index is 12.0. The summed E-state index contributed by atoms with van der Waals surface area (Å²) >= 11 is 0. The van der Waals surface area contributed by atoms with Gasteiger partial charge >= 0.3 is 18.1 Å². The molecule has 24 heavy (non-hydrogen) atoms. The van der Waals surface area contributed by atoms with E-state index in [-0.39, 0.29) is 12.3 Å². The molecule has 8 heteroatoms. The fourth-order valence-corrected chi connectivity index (χ4v) is 2.58. The van der Waals surface area contributed by atoms with Crippen LogP contribution in [0.15, 0.2) is 24.3 Å². The first-order chi connectivity index (χ1) is 11.3. The first-order valence-corrected chi connectivity index (χ1v) is 7.36. The zero-order valence-electron chi connectivity index (χ0n) is 12.7. The summed E-state index contributed by atoms with van der Waals surface area (Å²) in [6.07, 6.45) is -4.15. The maximum Gasteiger partial charge on any atom is 0.491 e. The summed E-state index contributed by atoms with van der Waals surface area (Å²) in [5, 5.41) is 8.77. The Bertz CT molecular complexity index is 642. The molecule has 128 valence electrons.